The molecule has 0 unspecified atom stereocenters. The number of methoxy groups -OCH3 is 1. The number of hydrogen-bond acceptors (Lipinski definition) is 3. The first-order valence-electron chi connectivity index (χ1n) is 5.17. The molecule has 0 saturated heterocycles. The molecule has 1 aromatic heterocycles. The largest absolute Gasteiger partial charge is 0.469 e. The third-order valence-corrected chi connectivity index (χ3v) is 3.73. The van der Waals surface area contributed by atoms with Crippen molar-refractivity contribution < 1.29 is 13.9 Å². The molecule has 1 N–H and O–H groups in total. The molecule has 0 bridgehead atoms. The summed E-state index contributed by atoms with van der Waals surface area (Å²) in [7, 11) is 1.33. The van der Waals surface area contributed by atoms with Gasteiger partial charge in [0.15, 0.2) is 4.77 Å². The smallest absolute Gasteiger partial charge is 0.307 e. The molecule has 0 aliphatic rings. The van der Waals surface area contributed by atoms with Gasteiger partial charge in [0.1, 0.15) is 5.82 Å². The van der Waals surface area contributed by atoms with E-state index in [1.165, 1.54) is 13.2 Å². The van der Waals surface area contributed by atoms with Crippen molar-refractivity contribution in [3.63, 3.8) is 0 Å². The van der Waals surface area contributed by atoms with Gasteiger partial charge in [-0.15, -0.1) is 0 Å². The average Bonchev–Trinajstić information content (AvgIpc) is 2.62. The maximum absolute atomic E-state index is 13.5. The Hall–Kier alpha value is -0.960. The molecule has 1 heterocycles. The number of ether oxygens (including phenoxy) is 1. The van der Waals surface area contributed by atoms with E-state index in [0.717, 1.165) is 5.52 Å². The SMILES string of the molecule is COC(=O)CCn1c(=S)[nH]c2cc(I)c(F)cc21. The van der Waals surface area contributed by atoms with Crippen LogP contribution in [-0.4, -0.2) is 22.6 Å². The third-order valence-electron chi connectivity index (χ3n) is 2.58. The first-order valence-corrected chi connectivity index (χ1v) is 6.66. The molecule has 0 aliphatic heterocycles. The summed E-state index contributed by atoms with van der Waals surface area (Å²) in [4.78, 5) is 14.1. The molecule has 2 aromatic rings. The summed E-state index contributed by atoms with van der Waals surface area (Å²) in [6.07, 6.45) is 0.200. The van der Waals surface area contributed by atoms with E-state index < -0.39 is 0 Å². The number of imidazole rings is 1. The molecule has 0 radical (unpaired) electrons. The number of carbonyl (C=O) groups is 1. The summed E-state index contributed by atoms with van der Waals surface area (Å²) in [6.45, 7) is 0.367. The lowest BCUT2D eigenvalue weighted by atomic mass is 10.3. The van der Waals surface area contributed by atoms with Crippen molar-refractivity contribution in [1.29, 1.82) is 0 Å². The van der Waals surface area contributed by atoms with Gasteiger partial charge >= 0.3 is 5.97 Å². The van der Waals surface area contributed by atoms with Gasteiger partial charge in [-0.05, 0) is 40.9 Å². The van der Waals surface area contributed by atoms with Crippen LogP contribution in [0.5, 0.6) is 0 Å². The molecule has 0 spiro atoms. The van der Waals surface area contributed by atoms with Crippen LogP contribution in [-0.2, 0) is 16.1 Å². The van der Waals surface area contributed by atoms with Crippen LogP contribution in [0.25, 0.3) is 11.0 Å². The highest BCUT2D eigenvalue weighted by atomic mass is 127. The first-order chi connectivity index (χ1) is 8.52. The monoisotopic (exact) mass is 380 g/mol. The minimum Gasteiger partial charge on any atom is -0.469 e. The summed E-state index contributed by atoms with van der Waals surface area (Å²) >= 11 is 7.08. The van der Waals surface area contributed by atoms with Crippen molar-refractivity contribution in [3.05, 3.63) is 26.3 Å². The number of aryl methyl sites for hydroxylation is 1. The molecule has 0 amide bonds. The highest BCUT2D eigenvalue weighted by molar-refractivity contribution is 14.1. The number of nitrogens with zero attached hydrogens (tertiary/aromatic N) is 1. The van der Waals surface area contributed by atoms with Crippen LogP contribution < -0.4 is 0 Å². The third kappa shape index (κ3) is 2.56. The molecule has 0 fully saturated rings. The molecule has 1 aromatic carbocycles. The van der Waals surface area contributed by atoms with E-state index in [-0.39, 0.29) is 18.2 Å². The number of rotatable bonds is 3. The molecule has 7 heteroatoms. The van der Waals surface area contributed by atoms with Gasteiger partial charge in [-0.1, -0.05) is 0 Å². The standard InChI is InChI=1S/C11H10FIN2O2S/c1-17-10(16)2-3-15-9-4-6(12)7(13)5-8(9)14-11(15)18/h4-5H,2-3H2,1H3,(H,14,18). The highest BCUT2D eigenvalue weighted by Gasteiger charge is 2.10. The lowest BCUT2D eigenvalue weighted by molar-refractivity contribution is -0.140. The van der Waals surface area contributed by atoms with Crippen LogP contribution in [0.4, 0.5) is 4.39 Å². The molecule has 0 atom stereocenters. The Balaban J connectivity index is 2.44. The molecular formula is C11H10FIN2O2S. The molecule has 18 heavy (non-hydrogen) atoms. The van der Waals surface area contributed by atoms with E-state index >= 15 is 0 Å². The fourth-order valence-electron chi connectivity index (χ4n) is 1.68. The Labute approximate surface area is 121 Å². The van der Waals surface area contributed by atoms with Crippen LogP contribution in [0, 0.1) is 14.2 Å². The lowest BCUT2D eigenvalue weighted by Crippen LogP contribution is -2.07. The molecule has 96 valence electrons. The predicted octanol–water partition coefficient (Wildman–Crippen LogP) is 3.01. The summed E-state index contributed by atoms with van der Waals surface area (Å²) in [5.41, 5.74) is 1.41. The molecular weight excluding hydrogens is 370 g/mol. The number of aromatic amines is 1. The second-order valence-electron chi connectivity index (χ2n) is 3.69. The average molecular weight is 380 g/mol. The topological polar surface area (TPSA) is 47.0 Å². The number of fused-ring (bicyclic) bond motifs is 1. The van der Waals surface area contributed by atoms with Gasteiger partial charge in [0.25, 0.3) is 0 Å². The van der Waals surface area contributed by atoms with Crippen LogP contribution in [0.1, 0.15) is 6.42 Å². The Morgan fingerprint density at radius 1 is 1.61 bits per heavy atom. The molecule has 2 rings (SSSR count). The Morgan fingerprint density at radius 3 is 3.00 bits per heavy atom. The quantitative estimate of drug-likeness (QED) is 0.506. The van der Waals surface area contributed by atoms with Gasteiger partial charge in [0.05, 0.1) is 28.1 Å². The zero-order valence-electron chi connectivity index (χ0n) is 9.50. The summed E-state index contributed by atoms with van der Waals surface area (Å²) in [5, 5.41) is 0. The zero-order valence-corrected chi connectivity index (χ0v) is 12.5. The summed E-state index contributed by atoms with van der Waals surface area (Å²) in [6, 6.07) is 3.11. The van der Waals surface area contributed by atoms with Gasteiger partial charge < -0.3 is 14.3 Å². The summed E-state index contributed by atoms with van der Waals surface area (Å²) < 4.78 is 20.8. The van der Waals surface area contributed by atoms with Crippen molar-refractivity contribution in [2.24, 2.45) is 0 Å². The van der Waals surface area contributed by atoms with Gasteiger partial charge in [0, 0.05) is 12.6 Å². The van der Waals surface area contributed by atoms with Gasteiger partial charge in [-0.3, -0.25) is 4.79 Å². The number of H-pyrrole nitrogens is 1. The van der Waals surface area contributed by atoms with E-state index in [2.05, 4.69) is 9.72 Å². The van der Waals surface area contributed by atoms with E-state index in [1.807, 2.05) is 22.6 Å². The van der Waals surface area contributed by atoms with Crippen molar-refractivity contribution >= 4 is 51.8 Å². The fraction of sp³-hybridized carbons (Fsp3) is 0.273. The van der Waals surface area contributed by atoms with E-state index in [1.54, 1.807) is 10.6 Å². The second-order valence-corrected chi connectivity index (χ2v) is 5.24. The van der Waals surface area contributed by atoms with E-state index in [4.69, 9.17) is 12.2 Å². The minimum absolute atomic E-state index is 0.200. The second kappa shape index (κ2) is 5.35. The first kappa shape index (κ1) is 13.5. The Morgan fingerprint density at radius 2 is 2.33 bits per heavy atom. The van der Waals surface area contributed by atoms with E-state index in [9.17, 15) is 9.18 Å². The number of nitrogens with one attached hydrogen (secondary N) is 1. The van der Waals surface area contributed by atoms with Crippen LogP contribution in [0.2, 0.25) is 0 Å². The maximum atomic E-state index is 13.5. The minimum atomic E-state index is -0.322. The fourth-order valence-corrected chi connectivity index (χ4v) is 2.45. The zero-order chi connectivity index (χ0) is 13.3. The predicted molar refractivity (Wildman–Crippen MR) is 76.4 cm³/mol. The lowest BCUT2D eigenvalue weighted by Gasteiger charge is -2.04. The molecule has 0 aliphatic carbocycles. The number of aromatic nitrogens is 2. The van der Waals surface area contributed by atoms with Crippen molar-refractivity contribution in [1.82, 2.24) is 9.55 Å². The Bertz CT molecular complexity index is 665. The Kier molecular flexibility index (Phi) is 4.00. The molecule has 4 nitrogen and oxygen atoms in total. The number of carbonyl (C=O) groups excluding carboxylic acids is 1. The van der Waals surface area contributed by atoms with Crippen LogP contribution in [0.15, 0.2) is 12.1 Å². The van der Waals surface area contributed by atoms with Gasteiger partial charge in [-0.25, -0.2) is 4.39 Å². The summed E-state index contributed by atoms with van der Waals surface area (Å²) in [5.74, 6) is -0.624. The van der Waals surface area contributed by atoms with Crippen LogP contribution in [0.3, 0.4) is 0 Å². The van der Waals surface area contributed by atoms with Crippen molar-refractivity contribution in [2.45, 2.75) is 13.0 Å². The van der Waals surface area contributed by atoms with Crippen LogP contribution >= 0.6 is 34.8 Å². The normalized spacial score (nSPS) is 10.8. The molecule has 0 saturated carbocycles. The maximum Gasteiger partial charge on any atom is 0.307 e. The number of esters is 1. The van der Waals surface area contributed by atoms with Crippen molar-refractivity contribution in [2.75, 3.05) is 7.11 Å². The van der Waals surface area contributed by atoms with Gasteiger partial charge in [-0.2, -0.15) is 0 Å². The highest BCUT2D eigenvalue weighted by Crippen LogP contribution is 2.20. The number of benzene rings is 1. The van der Waals surface area contributed by atoms with E-state index in [0.29, 0.717) is 20.4 Å². The van der Waals surface area contributed by atoms with Crippen molar-refractivity contribution in [3.8, 4) is 0 Å². The number of halogens is 2. The van der Waals surface area contributed by atoms with Gasteiger partial charge in [0.2, 0.25) is 0 Å². The number of hydrogen-bond donors (Lipinski definition) is 1.